The van der Waals surface area contributed by atoms with Crippen LogP contribution in [0.4, 0.5) is 0 Å². The lowest BCUT2D eigenvalue weighted by molar-refractivity contribution is 0.333. The van der Waals surface area contributed by atoms with E-state index >= 15 is 0 Å². The highest BCUT2D eigenvalue weighted by molar-refractivity contribution is 5.43. The minimum Gasteiger partial charge on any atom is -0.509 e. The molecule has 0 spiro atoms. The van der Waals surface area contributed by atoms with E-state index in [2.05, 4.69) is 26.7 Å². The molecule has 0 aromatic rings. The van der Waals surface area contributed by atoms with E-state index < -0.39 is 0 Å². The molecule has 0 fully saturated rings. The van der Waals surface area contributed by atoms with Gasteiger partial charge >= 0.3 is 0 Å². The van der Waals surface area contributed by atoms with Crippen LogP contribution in [-0.2, 0) is 0 Å². The third-order valence-corrected chi connectivity index (χ3v) is 2.67. The van der Waals surface area contributed by atoms with Gasteiger partial charge in [0.1, 0.15) is 5.76 Å². The number of aliphatic hydroxyl groups is 2. The highest BCUT2D eigenvalue weighted by Crippen LogP contribution is 2.28. The topological polar surface area (TPSA) is 40.5 Å². The van der Waals surface area contributed by atoms with Gasteiger partial charge in [0.05, 0.1) is 0 Å². The second-order valence-corrected chi connectivity index (χ2v) is 4.23. The Morgan fingerprint density at radius 3 is 1.94 bits per heavy atom. The number of hydrogen-bond donors (Lipinski definition) is 2. The summed E-state index contributed by atoms with van der Waals surface area (Å²) >= 11 is 0. The van der Waals surface area contributed by atoms with Crippen LogP contribution in [0, 0.1) is 0 Å². The molecule has 0 unspecified atom stereocenters. The standard InChI is InChI=1S/C16H24O2/c1-6-9-12(4)14(10-7-2)15(11-8-3)16(18)13(5)17/h7-8,17-18H,2-4,6,9-11H2,1,5H3/b15-14-,16-13-. The first kappa shape index (κ1) is 16.3. The second-order valence-electron chi connectivity index (χ2n) is 4.23. The van der Waals surface area contributed by atoms with Crippen molar-refractivity contribution < 1.29 is 10.2 Å². The SMILES string of the molecule is C=CC/C(C(=C)CCC)=C(CC=C)/C(O)=C(\C)O. The molecule has 0 heterocycles. The van der Waals surface area contributed by atoms with Crippen LogP contribution in [0.25, 0.3) is 0 Å². The predicted octanol–water partition coefficient (Wildman–Crippen LogP) is 5.14. The minimum absolute atomic E-state index is 0.0796. The zero-order valence-corrected chi connectivity index (χ0v) is 11.5. The molecule has 0 amide bonds. The van der Waals surface area contributed by atoms with Crippen LogP contribution in [0.1, 0.15) is 39.5 Å². The Morgan fingerprint density at radius 2 is 1.56 bits per heavy atom. The first-order valence-electron chi connectivity index (χ1n) is 6.20. The largest absolute Gasteiger partial charge is 0.509 e. The molecule has 0 aliphatic heterocycles. The highest BCUT2D eigenvalue weighted by atomic mass is 16.3. The van der Waals surface area contributed by atoms with Crippen molar-refractivity contribution >= 4 is 0 Å². The van der Waals surface area contributed by atoms with Crippen molar-refractivity contribution in [2.45, 2.75) is 39.5 Å². The van der Waals surface area contributed by atoms with Crippen LogP contribution < -0.4 is 0 Å². The number of allylic oxidation sites excluding steroid dienone is 6. The Bertz CT molecular complexity index is 380. The van der Waals surface area contributed by atoms with Crippen molar-refractivity contribution in [3.05, 3.63) is 60.1 Å². The number of rotatable bonds is 8. The summed E-state index contributed by atoms with van der Waals surface area (Å²) in [4.78, 5) is 0. The maximum atomic E-state index is 9.98. The van der Waals surface area contributed by atoms with Gasteiger partial charge in [-0.15, -0.1) is 13.2 Å². The van der Waals surface area contributed by atoms with Gasteiger partial charge in [0, 0.05) is 5.57 Å². The molecular weight excluding hydrogens is 224 g/mol. The lowest BCUT2D eigenvalue weighted by Gasteiger charge is -2.15. The molecule has 18 heavy (non-hydrogen) atoms. The van der Waals surface area contributed by atoms with E-state index in [1.54, 1.807) is 12.2 Å². The average Bonchev–Trinajstić information content (AvgIpc) is 2.32. The molecule has 2 N–H and O–H groups in total. The van der Waals surface area contributed by atoms with E-state index in [9.17, 15) is 10.2 Å². The van der Waals surface area contributed by atoms with E-state index in [1.807, 2.05) is 0 Å². The summed E-state index contributed by atoms with van der Waals surface area (Å²) in [5, 5.41) is 19.4. The maximum Gasteiger partial charge on any atom is 0.156 e. The fourth-order valence-corrected chi connectivity index (χ4v) is 1.80. The van der Waals surface area contributed by atoms with Crippen LogP contribution in [0.3, 0.4) is 0 Å². The summed E-state index contributed by atoms with van der Waals surface area (Å²) < 4.78 is 0. The summed E-state index contributed by atoms with van der Waals surface area (Å²) in [6, 6.07) is 0. The van der Waals surface area contributed by atoms with Gasteiger partial charge in [0.25, 0.3) is 0 Å². The smallest absolute Gasteiger partial charge is 0.156 e. The molecular formula is C16H24O2. The van der Waals surface area contributed by atoms with Crippen LogP contribution in [0.5, 0.6) is 0 Å². The Kier molecular flexibility index (Phi) is 7.61. The predicted molar refractivity (Wildman–Crippen MR) is 78.7 cm³/mol. The Hall–Kier alpha value is -1.70. The quantitative estimate of drug-likeness (QED) is 0.355. The van der Waals surface area contributed by atoms with Crippen LogP contribution in [0.15, 0.2) is 60.1 Å². The molecule has 2 heteroatoms. The molecule has 0 aliphatic rings. The fourth-order valence-electron chi connectivity index (χ4n) is 1.80. The number of aliphatic hydroxyl groups excluding tert-OH is 2. The number of hydrogen-bond acceptors (Lipinski definition) is 2. The summed E-state index contributed by atoms with van der Waals surface area (Å²) in [7, 11) is 0. The highest BCUT2D eigenvalue weighted by Gasteiger charge is 2.13. The molecule has 0 rings (SSSR count). The summed E-state index contributed by atoms with van der Waals surface area (Å²) in [5.41, 5.74) is 2.60. The second kappa shape index (κ2) is 8.40. The van der Waals surface area contributed by atoms with Crippen molar-refractivity contribution in [2.75, 3.05) is 0 Å². The average molecular weight is 248 g/mol. The monoisotopic (exact) mass is 248 g/mol. The van der Waals surface area contributed by atoms with Gasteiger partial charge < -0.3 is 10.2 Å². The third-order valence-electron chi connectivity index (χ3n) is 2.67. The van der Waals surface area contributed by atoms with Gasteiger partial charge in [0.15, 0.2) is 5.76 Å². The Labute approximate surface area is 110 Å². The van der Waals surface area contributed by atoms with Crippen molar-refractivity contribution in [1.29, 1.82) is 0 Å². The molecule has 0 saturated heterocycles. The van der Waals surface area contributed by atoms with E-state index in [-0.39, 0.29) is 11.5 Å². The normalized spacial score (nSPS) is 13.4. The maximum absolute atomic E-state index is 9.98. The van der Waals surface area contributed by atoms with Crippen molar-refractivity contribution in [3.63, 3.8) is 0 Å². The van der Waals surface area contributed by atoms with Crippen molar-refractivity contribution in [1.82, 2.24) is 0 Å². The molecule has 0 bridgehead atoms. The van der Waals surface area contributed by atoms with E-state index in [4.69, 9.17) is 0 Å². The van der Waals surface area contributed by atoms with Gasteiger partial charge in [-0.2, -0.15) is 0 Å². The lowest BCUT2D eigenvalue weighted by Crippen LogP contribution is -2.00. The summed E-state index contributed by atoms with van der Waals surface area (Å²) in [6.45, 7) is 15.0. The van der Waals surface area contributed by atoms with Crippen LogP contribution in [0.2, 0.25) is 0 Å². The summed E-state index contributed by atoms with van der Waals surface area (Å²) in [5.74, 6) is -0.165. The van der Waals surface area contributed by atoms with E-state index in [0.29, 0.717) is 18.4 Å². The van der Waals surface area contributed by atoms with E-state index in [1.165, 1.54) is 6.92 Å². The third kappa shape index (κ3) is 4.66. The molecule has 0 aromatic heterocycles. The van der Waals surface area contributed by atoms with Crippen LogP contribution in [-0.4, -0.2) is 10.2 Å². The van der Waals surface area contributed by atoms with Gasteiger partial charge in [-0.3, -0.25) is 0 Å². The fraction of sp³-hybridized carbons (Fsp3) is 0.375. The minimum atomic E-state index is -0.0855. The van der Waals surface area contributed by atoms with Crippen molar-refractivity contribution in [2.24, 2.45) is 0 Å². The van der Waals surface area contributed by atoms with Gasteiger partial charge in [0.2, 0.25) is 0 Å². The van der Waals surface area contributed by atoms with Crippen molar-refractivity contribution in [3.8, 4) is 0 Å². The molecule has 0 atom stereocenters. The molecule has 2 nitrogen and oxygen atoms in total. The van der Waals surface area contributed by atoms with Gasteiger partial charge in [-0.25, -0.2) is 0 Å². The molecule has 0 saturated carbocycles. The van der Waals surface area contributed by atoms with Crippen LogP contribution >= 0.6 is 0 Å². The molecule has 100 valence electrons. The lowest BCUT2D eigenvalue weighted by atomic mass is 9.92. The van der Waals surface area contributed by atoms with E-state index in [0.717, 1.165) is 24.0 Å². The van der Waals surface area contributed by atoms with Gasteiger partial charge in [-0.05, 0) is 31.8 Å². The molecule has 0 radical (unpaired) electrons. The first-order valence-corrected chi connectivity index (χ1v) is 6.20. The Morgan fingerprint density at radius 1 is 1.06 bits per heavy atom. The zero-order valence-electron chi connectivity index (χ0n) is 11.5. The first-order chi connectivity index (χ1) is 8.49. The molecule has 0 aliphatic carbocycles. The summed E-state index contributed by atoms with van der Waals surface area (Å²) in [6.07, 6.45) is 6.45. The Balaban J connectivity index is 5.70. The zero-order chi connectivity index (χ0) is 14.1. The molecule has 0 aromatic carbocycles. The van der Waals surface area contributed by atoms with Gasteiger partial charge in [-0.1, -0.05) is 37.6 Å².